The second-order valence-corrected chi connectivity index (χ2v) is 4.79. The number of hydrogen-bond donors (Lipinski definition) is 0. The minimum absolute atomic E-state index is 0.508. The van der Waals surface area contributed by atoms with E-state index in [2.05, 4.69) is 25.9 Å². The largest absolute Gasteiger partial charge is 0.485 e. The number of pyridine rings is 1. The fraction of sp³-hybridized carbons (Fsp3) is 0.273. The van der Waals surface area contributed by atoms with Crippen molar-refractivity contribution in [3.63, 3.8) is 0 Å². The first-order chi connectivity index (χ1) is 7.78. The molecule has 0 saturated carbocycles. The predicted molar refractivity (Wildman–Crippen MR) is 68.1 cm³/mol. The Morgan fingerprint density at radius 2 is 2.31 bits per heavy atom. The van der Waals surface area contributed by atoms with E-state index in [1.807, 2.05) is 24.4 Å². The van der Waals surface area contributed by atoms with Gasteiger partial charge in [-0.25, -0.2) is 4.98 Å². The molecule has 0 amide bonds. The van der Waals surface area contributed by atoms with Crippen LogP contribution in [-0.2, 0) is 11.9 Å². The zero-order valence-corrected chi connectivity index (χ0v) is 11.2. The summed E-state index contributed by atoms with van der Waals surface area (Å²) in [6, 6.07) is 3.86. The van der Waals surface area contributed by atoms with Gasteiger partial charge in [-0.2, -0.15) is 0 Å². The molecule has 5 heteroatoms. The Morgan fingerprint density at radius 3 is 2.88 bits per heavy atom. The molecule has 3 nitrogen and oxygen atoms in total. The van der Waals surface area contributed by atoms with Crippen molar-refractivity contribution in [1.29, 1.82) is 0 Å². The van der Waals surface area contributed by atoms with Crippen LogP contribution < -0.4 is 4.74 Å². The second-order valence-electron chi connectivity index (χ2n) is 3.29. The molecule has 0 radical (unpaired) electrons. The van der Waals surface area contributed by atoms with Gasteiger partial charge in [0.25, 0.3) is 0 Å². The summed E-state index contributed by atoms with van der Waals surface area (Å²) >= 11 is 4.96. The Bertz CT molecular complexity index is 455. The molecule has 2 aromatic heterocycles. The maximum absolute atomic E-state index is 5.57. The molecule has 0 bridgehead atoms. The molecule has 2 heterocycles. The van der Waals surface area contributed by atoms with Crippen molar-refractivity contribution in [3.05, 3.63) is 40.1 Å². The van der Waals surface area contributed by atoms with Gasteiger partial charge < -0.3 is 4.74 Å². The molecule has 0 aromatic carbocycles. The highest BCUT2D eigenvalue weighted by Gasteiger charge is 2.00. The van der Waals surface area contributed by atoms with Gasteiger partial charge in [-0.1, -0.05) is 15.9 Å². The molecule has 0 fully saturated rings. The number of aryl methyl sites for hydroxylation is 1. The van der Waals surface area contributed by atoms with Gasteiger partial charge >= 0.3 is 0 Å². The minimum atomic E-state index is 0.508. The van der Waals surface area contributed by atoms with Crippen LogP contribution >= 0.6 is 27.3 Å². The molecule has 0 aliphatic carbocycles. The SMILES string of the molecule is Cc1csc(COc2ccc(CBr)nc2)n1. The zero-order chi connectivity index (χ0) is 11.4. The molecule has 0 unspecified atom stereocenters. The third-order valence-corrected chi connectivity index (χ3v) is 3.48. The number of nitrogens with zero attached hydrogens (tertiary/aromatic N) is 2. The Hall–Kier alpha value is -0.940. The predicted octanol–water partition coefficient (Wildman–Crippen LogP) is 3.32. The summed E-state index contributed by atoms with van der Waals surface area (Å²) in [4.78, 5) is 8.55. The van der Waals surface area contributed by atoms with Crippen LogP contribution in [-0.4, -0.2) is 9.97 Å². The molecule has 0 aliphatic heterocycles. The van der Waals surface area contributed by atoms with Crippen molar-refractivity contribution in [1.82, 2.24) is 9.97 Å². The third kappa shape index (κ3) is 3.02. The van der Waals surface area contributed by atoms with Crippen molar-refractivity contribution in [2.75, 3.05) is 0 Å². The van der Waals surface area contributed by atoms with Crippen molar-refractivity contribution in [2.45, 2.75) is 18.9 Å². The summed E-state index contributed by atoms with van der Waals surface area (Å²) in [7, 11) is 0. The first-order valence-electron chi connectivity index (χ1n) is 4.82. The van der Waals surface area contributed by atoms with Crippen molar-refractivity contribution in [3.8, 4) is 5.75 Å². The van der Waals surface area contributed by atoms with Gasteiger partial charge in [0.15, 0.2) is 0 Å². The standard InChI is InChI=1S/C11H11BrN2OS/c1-8-7-16-11(14-8)6-15-10-3-2-9(4-12)13-5-10/h2-3,5,7H,4,6H2,1H3. The highest BCUT2D eigenvalue weighted by Crippen LogP contribution is 2.15. The Morgan fingerprint density at radius 1 is 1.44 bits per heavy atom. The van der Waals surface area contributed by atoms with Crippen molar-refractivity contribution in [2.24, 2.45) is 0 Å². The van der Waals surface area contributed by atoms with Gasteiger partial charge in [0.05, 0.1) is 11.9 Å². The number of rotatable bonds is 4. The van der Waals surface area contributed by atoms with E-state index in [9.17, 15) is 0 Å². The normalized spacial score (nSPS) is 10.4. The van der Waals surface area contributed by atoms with Gasteiger partial charge in [-0.15, -0.1) is 11.3 Å². The smallest absolute Gasteiger partial charge is 0.140 e. The molecule has 84 valence electrons. The highest BCUT2D eigenvalue weighted by atomic mass is 79.9. The average molecular weight is 299 g/mol. The Balaban J connectivity index is 1.94. The fourth-order valence-electron chi connectivity index (χ4n) is 1.19. The first-order valence-corrected chi connectivity index (χ1v) is 6.83. The molecule has 0 N–H and O–H groups in total. The molecule has 0 atom stereocenters. The van der Waals surface area contributed by atoms with Gasteiger partial charge in [0, 0.05) is 16.4 Å². The van der Waals surface area contributed by atoms with Crippen LogP contribution in [0.2, 0.25) is 0 Å². The van der Waals surface area contributed by atoms with Gasteiger partial charge in [-0.05, 0) is 19.1 Å². The summed E-state index contributed by atoms with van der Waals surface area (Å²) in [5.41, 5.74) is 2.04. The van der Waals surface area contributed by atoms with Crippen LogP contribution in [0.25, 0.3) is 0 Å². The van der Waals surface area contributed by atoms with E-state index in [0.29, 0.717) is 6.61 Å². The van der Waals surface area contributed by atoms with Crippen molar-refractivity contribution >= 4 is 27.3 Å². The lowest BCUT2D eigenvalue weighted by Crippen LogP contribution is -1.96. The van der Waals surface area contributed by atoms with Crippen LogP contribution in [0.1, 0.15) is 16.4 Å². The van der Waals surface area contributed by atoms with E-state index in [1.54, 1.807) is 17.5 Å². The van der Waals surface area contributed by atoms with Crippen LogP contribution in [0, 0.1) is 6.92 Å². The number of halogens is 1. The maximum atomic E-state index is 5.57. The topological polar surface area (TPSA) is 35.0 Å². The quantitative estimate of drug-likeness (QED) is 0.812. The lowest BCUT2D eigenvalue weighted by Gasteiger charge is -2.03. The fourth-order valence-corrected chi connectivity index (χ4v) is 2.20. The Kier molecular flexibility index (Phi) is 3.90. The van der Waals surface area contributed by atoms with E-state index in [0.717, 1.165) is 27.5 Å². The first kappa shape index (κ1) is 11.5. The van der Waals surface area contributed by atoms with E-state index >= 15 is 0 Å². The summed E-state index contributed by atoms with van der Waals surface area (Å²) in [5.74, 6) is 0.776. The summed E-state index contributed by atoms with van der Waals surface area (Å²) in [5, 5.41) is 3.77. The van der Waals surface area contributed by atoms with E-state index in [1.165, 1.54) is 0 Å². The molecule has 0 spiro atoms. The molecule has 16 heavy (non-hydrogen) atoms. The van der Waals surface area contributed by atoms with Crippen molar-refractivity contribution < 1.29 is 4.74 Å². The molecule has 2 rings (SSSR count). The lowest BCUT2D eigenvalue weighted by atomic mass is 10.4. The summed E-state index contributed by atoms with van der Waals surface area (Å²) in [6.45, 7) is 2.49. The number of hydrogen-bond acceptors (Lipinski definition) is 4. The van der Waals surface area contributed by atoms with E-state index < -0.39 is 0 Å². The Labute approximate surface area is 107 Å². The molecular weight excluding hydrogens is 288 g/mol. The van der Waals surface area contributed by atoms with Crippen LogP contribution in [0.5, 0.6) is 5.75 Å². The second kappa shape index (κ2) is 5.41. The molecule has 0 aliphatic rings. The summed E-state index contributed by atoms with van der Waals surface area (Å²) in [6.07, 6.45) is 1.73. The summed E-state index contributed by atoms with van der Waals surface area (Å²) < 4.78 is 5.57. The van der Waals surface area contributed by atoms with Crippen LogP contribution in [0.4, 0.5) is 0 Å². The third-order valence-electron chi connectivity index (χ3n) is 1.96. The van der Waals surface area contributed by atoms with E-state index in [-0.39, 0.29) is 0 Å². The molecule has 0 saturated heterocycles. The van der Waals surface area contributed by atoms with Gasteiger partial charge in [-0.3, -0.25) is 4.98 Å². The van der Waals surface area contributed by atoms with Gasteiger partial charge in [0.2, 0.25) is 0 Å². The molecular formula is C11H11BrN2OS. The number of aromatic nitrogens is 2. The maximum Gasteiger partial charge on any atom is 0.140 e. The highest BCUT2D eigenvalue weighted by molar-refractivity contribution is 9.08. The van der Waals surface area contributed by atoms with Crippen LogP contribution in [0.3, 0.4) is 0 Å². The average Bonchev–Trinajstić information content (AvgIpc) is 2.73. The number of alkyl halides is 1. The van der Waals surface area contributed by atoms with Crippen LogP contribution in [0.15, 0.2) is 23.7 Å². The minimum Gasteiger partial charge on any atom is -0.485 e. The lowest BCUT2D eigenvalue weighted by molar-refractivity contribution is 0.304. The monoisotopic (exact) mass is 298 g/mol. The zero-order valence-electron chi connectivity index (χ0n) is 8.81. The van der Waals surface area contributed by atoms with E-state index in [4.69, 9.17) is 4.74 Å². The van der Waals surface area contributed by atoms with Gasteiger partial charge in [0.1, 0.15) is 17.4 Å². The molecule has 2 aromatic rings. The number of ether oxygens (including phenoxy) is 1. The number of thiazole rings is 1.